The van der Waals surface area contributed by atoms with Crippen LogP contribution in [-0.4, -0.2) is 8.42 Å². The summed E-state index contributed by atoms with van der Waals surface area (Å²) in [4.78, 5) is 0. The van der Waals surface area contributed by atoms with Gasteiger partial charge in [0.05, 0.1) is 0 Å². The van der Waals surface area contributed by atoms with Crippen molar-refractivity contribution in [2.75, 3.05) is 0 Å². The van der Waals surface area contributed by atoms with Gasteiger partial charge >= 0.3 is 32.4 Å². The van der Waals surface area contributed by atoms with Crippen molar-refractivity contribution in [3.8, 4) is 0 Å². The van der Waals surface area contributed by atoms with Crippen LogP contribution < -0.4 is 0 Å². The molecule has 0 rings (SSSR count). The van der Waals surface area contributed by atoms with Crippen molar-refractivity contribution in [3.05, 3.63) is 0 Å². The van der Waals surface area contributed by atoms with Crippen molar-refractivity contribution in [2.24, 2.45) is 0 Å². The Balaban J connectivity index is 3.51. The van der Waals surface area contributed by atoms with Gasteiger partial charge < -0.3 is 0 Å². The first kappa shape index (κ1) is 4.47. The molecule has 4 heavy (non-hydrogen) atoms. The van der Waals surface area contributed by atoms with Gasteiger partial charge in [0.15, 0.2) is 0 Å². The van der Waals surface area contributed by atoms with E-state index in [1.165, 1.54) is 0 Å². The van der Waals surface area contributed by atoms with Crippen molar-refractivity contribution < 1.29 is 23.3 Å². The Morgan fingerprint density at radius 2 is 1.50 bits per heavy atom. The summed E-state index contributed by atoms with van der Waals surface area (Å²) in [6.45, 7) is 0. The van der Waals surface area contributed by atoms with Crippen LogP contribution in [0.25, 0.3) is 0 Å². The third-order valence-electron chi connectivity index (χ3n) is 0. The standard InChI is InChI=1S/Cu.HO2S/c;1-3-2/h;3H. The van der Waals surface area contributed by atoms with Gasteiger partial charge in [-0.3, -0.25) is 0 Å². The predicted molar refractivity (Wildman–Crippen MR) is 10.3 cm³/mol. The molecular formula is HCuO2S. The van der Waals surface area contributed by atoms with E-state index in [1.54, 1.807) is 0 Å². The SMILES string of the molecule is O=[SH](=O)[Cu]. The fraction of sp³-hybridized carbons (Fsp3) is 0. The summed E-state index contributed by atoms with van der Waals surface area (Å²) in [5.74, 6) is 0. The quantitative estimate of drug-likeness (QED) is 0.338. The minimum atomic E-state index is -2.56. The van der Waals surface area contributed by atoms with Crippen molar-refractivity contribution >= 4 is 9.12 Å². The Morgan fingerprint density at radius 1 is 1.50 bits per heavy atom. The molecule has 0 aromatic carbocycles. The van der Waals surface area contributed by atoms with Gasteiger partial charge in [0.25, 0.3) is 0 Å². The van der Waals surface area contributed by atoms with E-state index in [9.17, 15) is 0 Å². The number of hydrogen-bond donors (Lipinski definition) is 1. The average molecular weight is 129 g/mol. The zero-order chi connectivity index (χ0) is 3.58. The molecule has 0 atom stereocenters. The first-order chi connectivity index (χ1) is 1.73. The van der Waals surface area contributed by atoms with Crippen molar-refractivity contribution in [1.29, 1.82) is 0 Å². The molecule has 0 aliphatic rings. The number of thiol groups is 1. The van der Waals surface area contributed by atoms with Gasteiger partial charge in [-0.2, -0.15) is 0 Å². The Morgan fingerprint density at radius 3 is 1.50 bits per heavy atom. The molecule has 0 aromatic heterocycles. The summed E-state index contributed by atoms with van der Waals surface area (Å²) < 4.78 is 17.7. The molecule has 0 fully saturated rings. The average Bonchev–Trinajstić information content (AvgIpc) is 0.811. The molecule has 2 nitrogen and oxygen atoms in total. The van der Waals surface area contributed by atoms with E-state index < -0.39 is 9.12 Å². The molecule has 0 saturated carbocycles. The molecule has 0 radical (unpaired) electrons. The normalized spacial score (nSPS) is 8.75. The van der Waals surface area contributed by atoms with E-state index in [4.69, 9.17) is 8.42 Å². The van der Waals surface area contributed by atoms with Crippen LogP contribution in [0.4, 0.5) is 0 Å². The first-order valence-electron chi connectivity index (χ1n) is 0.500. The van der Waals surface area contributed by atoms with Crippen LogP contribution in [0.3, 0.4) is 0 Å². The van der Waals surface area contributed by atoms with Crippen molar-refractivity contribution in [3.63, 3.8) is 0 Å². The van der Waals surface area contributed by atoms with Crippen LogP contribution in [0, 0.1) is 0 Å². The summed E-state index contributed by atoms with van der Waals surface area (Å²) >= 11 is 3.70. The van der Waals surface area contributed by atoms with E-state index >= 15 is 0 Å². The van der Waals surface area contributed by atoms with Gasteiger partial charge in [0.1, 0.15) is 0 Å². The molecule has 30 valence electrons. The molecule has 0 unspecified atom stereocenters. The predicted octanol–water partition coefficient (Wildman–Crippen LogP) is -0.940. The Hall–Kier alpha value is 0.469. The summed E-state index contributed by atoms with van der Waals surface area (Å²) in [6.07, 6.45) is 0. The molecule has 0 N–H and O–H groups in total. The zero-order valence-corrected chi connectivity index (χ0v) is 3.40. The molecule has 0 heterocycles. The van der Waals surface area contributed by atoms with Crippen molar-refractivity contribution in [2.45, 2.75) is 0 Å². The van der Waals surface area contributed by atoms with Gasteiger partial charge in [0.2, 0.25) is 0 Å². The van der Waals surface area contributed by atoms with E-state index in [2.05, 4.69) is 14.9 Å². The molecule has 0 amide bonds. The van der Waals surface area contributed by atoms with Crippen LogP contribution in [0.1, 0.15) is 0 Å². The van der Waals surface area contributed by atoms with Crippen LogP contribution in [-0.2, 0) is 24.0 Å². The third kappa shape index (κ3) is 24.2. The fourth-order valence-electron chi connectivity index (χ4n) is 0. The van der Waals surface area contributed by atoms with Crippen molar-refractivity contribution in [1.82, 2.24) is 0 Å². The van der Waals surface area contributed by atoms with Gasteiger partial charge in [-0.25, -0.2) is 0 Å². The van der Waals surface area contributed by atoms with Crippen LogP contribution in [0.5, 0.6) is 0 Å². The van der Waals surface area contributed by atoms with E-state index in [0.29, 0.717) is 0 Å². The molecule has 4 heteroatoms. The van der Waals surface area contributed by atoms with Crippen LogP contribution in [0.15, 0.2) is 0 Å². The van der Waals surface area contributed by atoms with Gasteiger partial charge in [0, 0.05) is 0 Å². The summed E-state index contributed by atoms with van der Waals surface area (Å²) in [7, 11) is -2.56. The summed E-state index contributed by atoms with van der Waals surface area (Å²) in [5, 5.41) is 0. The summed E-state index contributed by atoms with van der Waals surface area (Å²) in [6, 6.07) is 0. The molecular weight excluding hydrogens is 128 g/mol. The second-order valence-electron chi connectivity index (χ2n) is 0.185. The van der Waals surface area contributed by atoms with E-state index in [1.807, 2.05) is 0 Å². The Labute approximate surface area is 33.0 Å². The second-order valence-corrected chi connectivity index (χ2v) is 1.59. The molecule has 0 aromatic rings. The fourth-order valence-corrected chi connectivity index (χ4v) is 0. The monoisotopic (exact) mass is 128 g/mol. The topological polar surface area (TPSA) is 34.1 Å². The summed E-state index contributed by atoms with van der Waals surface area (Å²) in [5.41, 5.74) is 0. The molecule has 0 saturated heterocycles. The third-order valence-corrected chi connectivity index (χ3v) is 0. The maximum absolute atomic E-state index is 8.84. The van der Waals surface area contributed by atoms with E-state index in [0.717, 1.165) is 0 Å². The molecule has 0 bridgehead atoms. The van der Waals surface area contributed by atoms with Crippen LogP contribution in [0.2, 0.25) is 0 Å². The molecule has 0 spiro atoms. The minimum absolute atomic E-state index is 2.56. The maximum atomic E-state index is 8.84. The Bertz CT molecular complexity index is 54.4. The molecule has 0 aliphatic heterocycles. The Kier molecular flexibility index (Phi) is 1.96. The molecule has 0 aliphatic carbocycles. The van der Waals surface area contributed by atoms with Gasteiger partial charge in [-0.1, -0.05) is 0 Å². The second kappa shape index (κ2) is 1.76. The van der Waals surface area contributed by atoms with Gasteiger partial charge in [-0.15, -0.1) is 0 Å². The first-order valence-corrected chi connectivity index (χ1v) is 2.76. The number of rotatable bonds is 0. The van der Waals surface area contributed by atoms with Crippen LogP contribution >= 0.6 is 0 Å². The van der Waals surface area contributed by atoms with Gasteiger partial charge in [-0.05, 0) is 0 Å². The van der Waals surface area contributed by atoms with E-state index in [-0.39, 0.29) is 0 Å². The zero-order valence-electron chi connectivity index (χ0n) is 1.57. The number of hydrogen-bond acceptors (Lipinski definition) is 2.